The molecule has 0 aliphatic carbocycles. The number of hydrogen-bond acceptors (Lipinski definition) is 2. The minimum absolute atomic E-state index is 0.0372. The summed E-state index contributed by atoms with van der Waals surface area (Å²) in [6, 6.07) is 19.0. The summed E-state index contributed by atoms with van der Waals surface area (Å²) in [6.45, 7) is 6.66. The zero-order valence-corrected chi connectivity index (χ0v) is 11.9. The van der Waals surface area contributed by atoms with E-state index in [1.165, 1.54) is 16.7 Å². The summed E-state index contributed by atoms with van der Waals surface area (Å²) in [4.78, 5) is 0. The Hall–Kier alpha value is -1.64. The molecule has 0 saturated carbocycles. The number of hydrogen-bond donors (Lipinski definition) is 2. The molecule has 0 radical (unpaired) electrons. The van der Waals surface area contributed by atoms with Gasteiger partial charge in [-0.2, -0.15) is 0 Å². The fraction of sp³-hybridized carbons (Fsp3) is 0.294. The first kappa shape index (κ1) is 13.8. The first-order valence-electron chi connectivity index (χ1n) is 6.64. The first-order chi connectivity index (χ1) is 9.02. The number of hydrazine groups is 1. The van der Waals surface area contributed by atoms with E-state index in [-0.39, 0.29) is 11.5 Å². The van der Waals surface area contributed by atoms with Crippen LogP contribution in [0.1, 0.15) is 43.5 Å². The Kier molecular flexibility index (Phi) is 4.03. The molecule has 19 heavy (non-hydrogen) atoms. The Morgan fingerprint density at radius 3 is 1.84 bits per heavy atom. The summed E-state index contributed by atoms with van der Waals surface area (Å²) in [5, 5.41) is 0. The lowest BCUT2D eigenvalue weighted by Gasteiger charge is -2.21. The van der Waals surface area contributed by atoms with Crippen LogP contribution in [-0.4, -0.2) is 0 Å². The molecule has 2 heteroatoms. The molecule has 0 fully saturated rings. The standard InChI is InChI=1S/C17H22N2/c1-17(2,3)15-11-9-14(10-12-15)16(19-18)13-7-5-4-6-8-13/h4-12,16,19H,18H2,1-3H3/t16-/m0/s1. The van der Waals surface area contributed by atoms with Crippen LogP contribution in [0, 0.1) is 0 Å². The predicted octanol–water partition coefficient (Wildman–Crippen LogP) is 3.54. The largest absolute Gasteiger partial charge is 0.271 e. The van der Waals surface area contributed by atoms with Crippen molar-refractivity contribution in [3.05, 3.63) is 71.3 Å². The molecule has 0 unspecified atom stereocenters. The third kappa shape index (κ3) is 3.22. The molecule has 1 atom stereocenters. The Morgan fingerprint density at radius 1 is 0.842 bits per heavy atom. The summed E-state index contributed by atoms with van der Waals surface area (Å²) in [5.74, 6) is 5.71. The van der Waals surface area contributed by atoms with Crippen LogP contribution >= 0.6 is 0 Å². The Balaban J connectivity index is 2.30. The van der Waals surface area contributed by atoms with E-state index in [1.807, 2.05) is 18.2 Å². The van der Waals surface area contributed by atoms with E-state index in [9.17, 15) is 0 Å². The van der Waals surface area contributed by atoms with Crippen LogP contribution in [0.25, 0.3) is 0 Å². The van der Waals surface area contributed by atoms with Gasteiger partial charge in [0.2, 0.25) is 0 Å². The molecule has 0 spiro atoms. The second-order valence-electron chi connectivity index (χ2n) is 5.88. The topological polar surface area (TPSA) is 38.0 Å². The highest BCUT2D eigenvalue weighted by atomic mass is 15.2. The molecule has 0 bridgehead atoms. The Bertz CT molecular complexity index is 509. The zero-order chi connectivity index (χ0) is 13.9. The third-order valence-corrected chi connectivity index (χ3v) is 3.41. The molecule has 2 aromatic rings. The van der Waals surface area contributed by atoms with Gasteiger partial charge in [-0.25, -0.2) is 5.43 Å². The smallest absolute Gasteiger partial charge is 0.0710 e. The average molecular weight is 254 g/mol. The summed E-state index contributed by atoms with van der Waals surface area (Å²) in [5.41, 5.74) is 6.76. The van der Waals surface area contributed by atoms with Crippen molar-refractivity contribution in [2.24, 2.45) is 5.84 Å². The molecule has 0 amide bonds. The van der Waals surface area contributed by atoms with Crippen LogP contribution in [0.3, 0.4) is 0 Å². The van der Waals surface area contributed by atoms with Crippen LogP contribution in [0.4, 0.5) is 0 Å². The van der Waals surface area contributed by atoms with Crippen molar-refractivity contribution in [1.82, 2.24) is 5.43 Å². The molecule has 0 heterocycles. The molecular formula is C17H22N2. The monoisotopic (exact) mass is 254 g/mol. The molecule has 2 rings (SSSR count). The van der Waals surface area contributed by atoms with Gasteiger partial charge in [-0.1, -0.05) is 75.4 Å². The summed E-state index contributed by atoms with van der Waals surface area (Å²) >= 11 is 0. The molecule has 0 saturated heterocycles. The van der Waals surface area contributed by atoms with Crippen molar-refractivity contribution in [2.45, 2.75) is 32.2 Å². The van der Waals surface area contributed by atoms with E-state index in [0.717, 1.165) is 0 Å². The Morgan fingerprint density at radius 2 is 1.37 bits per heavy atom. The fourth-order valence-corrected chi connectivity index (χ4v) is 2.21. The van der Waals surface area contributed by atoms with E-state index in [2.05, 4.69) is 62.6 Å². The highest BCUT2D eigenvalue weighted by Gasteiger charge is 2.15. The third-order valence-electron chi connectivity index (χ3n) is 3.41. The SMILES string of the molecule is CC(C)(C)c1ccc([C@@H](NN)c2ccccc2)cc1. The lowest BCUT2D eigenvalue weighted by molar-refractivity contribution is 0.588. The van der Waals surface area contributed by atoms with Gasteiger partial charge in [0.15, 0.2) is 0 Å². The maximum Gasteiger partial charge on any atom is 0.0710 e. The van der Waals surface area contributed by atoms with Crippen LogP contribution in [-0.2, 0) is 5.41 Å². The summed E-state index contributed by atoms with van der Waals surface area (Å²) in [6.07, 6.45) is 0. The van der Waals surface area contributed by atoms with Gasteiger partial charge in [0.25, 0.3) is 0 Å². The van der Waals surface area contributed by atoms with Crippen molar-refractivity contribution >= 4 is 0 Å². The quantitative estimate of drug-likeness (QED) is 0.649. The highest BCUT2D eigenvalue weighted by Crippen LogP contribution is 2.26. The van der Waals surface area contributed by atoms with E-state index in [1.54, 1.807) is 0 Å². The second kappa shape index (κ2) is 5.55. The van der Waals surface area contributed by atoms with Crippen molar-refractivity contribution < 1.29 is 0 Å². The molecule has 3 N–H and O–H groups in total. The van der Waals surface area contributed by atoms with Crippen molar-refractivity contribution in [2.75, 3.05) is 0 Å². The highest BCUT2D eigenvalue weighted by molar-refractivity contribution is 5.35. The van der Waals surface area contributed by atoms with Gasteiger partial charge in [0.05, 0.1) is 6.04 Å². The number of nitrogens with two attached hydrogens (primary N) is 1. The molecule has 0 aliphatic heterocycles. The average Bonchev–Trinajstić information content (AvgIpc) is 2.40. The van der Waals surface area contributed by atoms with E-state index in [0.29, 0.717) is 0 Å². The van der Waals surface area contributed by atoms with Crippen molar-refractivity contribution in [3.63, 3.8) is 0 Å². The van der Waals surface area contributed by atoms with Gasteiger partial charge in [0.1, 0.15) is 0 Å². The Labute approximate surface area is 115 Å². The van der Waals surface area contributed by atoms with Crippen molar-refractivity contribution in [1.29, 1.82) is 0 Å². The molecule has 2 aromatic carbocycles. The van der Waals surface area contributed by atoms with Gasteiger partial charge >= 0.3 is 0 Å². The number of nitrogens with one attached hydrogen (secondary N) is 1. The maximum atomic E-state index is 5.71. The zero-order valence-electron chi connectivity index (χ0n) is 11.9. The van der Waals surface area contributed by atoms with E-state index >= 15 is 0 Å². The predicted molar refractivity (Wildman–Crippen MR) is 80.8 cm³/mol. The van der Waals surface area contributed by atoms with Crippen molar-refractivity contribution in [3.8, 4) is 0 Å². The maximum absolute atomic E-state index is 5.71. The fourth-order valence-electron chi connectivity index (χ4n) is 2.21. The van der Waals surface area contributed by atoms with Gasteiger partial charge in [-0.05, 0) is 22.1 Å². The normalized spacial score (nSPS) is 13.3. The van der Waals surface area contributed by atoms with E-state index < -0.39 is 0 Å². The van der Waals surface area contributed by atoms with Crippen LogP contribution < -0.4 is 11.3 Å². The van der Waals surface area contributed by atoms with Gasteiger partial charge in [-0.3, -0.25) is 5.84 Å². The molecule has 2 nitrogen and oxygen atoms in total. The van der Waals surface area contributed by atoms with Crippen LogP contribution in [0.2, 0.25) is 0 Å². The second-order valence-corrected chi connectivity index (χ2v) is 5.88. The lowest BCUT2D eigenvalue weighted by atomic mass is 9.86. The summed E-state index contributed by atoms with van der Waals surface area (Å²) < 4.78 is 0. The minimum Gasteiger partial charge on any atom is -0.271 e. The molecule has 0 aromatic heterocycles. The molecule has 0 aliphatic rings. The van der Waals surface area contributed by atoms with Crippen LogP contribution in [0.5, 0.6) is 0 Å². The van der Waals surface area contributed by atoms with Gasteiger partial charge in [0, 0.05) is 0 Å². The lowest BCUT2D eigenvalue weighted by Crippen LogP contribution is -2.28. The van der Waals surface area contributed by atoms with Gasteiger partial charge in [-0.15, -0.1) is 0 Å². The first-order valence-corrected chi connectivity index (χ1v) is 6.64. The van der Waals surface area contributed by atoms with Crippen LogP contribution in [0.15, 0.2) is 54.6 Å². The molecular weight excluding hydrogens is 232 g/mol. The number of benzene rings is 2. The van der Waals surface area contributed by atoms with E-state index in [4.69, 9.17) is 5.84 Å². The number of rotatable bonds is 3. The summed E-state index contributed by atoms with van der Waals surface area (Å²) in [7, 11) is 0. The minimum atomic E-state index is 0.0372. The van der Waals surface area contributed by atoms with Gasteiger partial charge < -0.3 is 0 Å². The molecule has 100 valence electrons.